The van der Waals surface area contributed by atoms with E-state index in [2.05, 4.69) is 10.3 Å². The average Bonchev–Trinajstić information content (AvgIpc) is 2.84. The van der Waals surface area contributed by atoms with E-state index in [1.165, 1.54) is 30.4 Å². The lowest BCUT2D eigenvalue weighted by Crippen LogP contribution is -2.30. The lowest BCUT2D eigenvalue weighted by atomic mass is 10.2. The van der Waals surface area contributed by atoms with Crippen molar-refractivity contribution in [2.45, 2.75) is 32.1 Å². The molecule has 1 heterocycles. The van der Waals surface area contributed by atoms with Crippen molar-refractivity contribution in [2.24, 2.45) is 0 Å². The molecule has 0 amide bonds. The van der Waals surface area contributed by atoms with Crippen LogP contribution < -0.4 is 5.32 Å². The predicted molar refractivity (Wildman–Crippen MR) is 74.5 cm³/mol. The monoisotopic (exact) mass is 318 g/mol. The zero-order valence-electron chi connectivity index (χ0n) is 11.2. The second-order valence-electron chi connectivity index (χ2n) is 4.75. The molecule has 1 aromatic carbocycles. The van der Waals surface area contributed by atoms with Gasteiger partial charge >= 0.3 is 6.18 Å². The van der Waals surface area contributed by atoms with Crippen LogP contribution in [-0.2, 0) is 6.54 Å². The van der Waals surface area contributed by atoms with Gasteiger partial charge in [-0.2, -0.15) is 13.2 Å². The number of alkyl halides is 3. The number of rotatable bonds is 5. The third kappa shape index (κ3) is 5.09. The van der Waals surface area contributed by atoms with Gasteiger partial charge in [0, 0.05) is 23.5 Å². The number of benzene rings is 1. The maximum atomic E-state index is 12.8. The van der Waals surface area contributed by atoms with Crippen molar-refractivity contribution in [3.8, 4) is 10.6 Å². The van der Waals surface area contributed by atoms with Crippen LogP contribution in [0, 0.1) is 5.82 Å². The zero-order chi connectivity index (χ0) is 15.5. The van der Waals surface area contributed by atoms with Gasteiger partial charge < -0.3 is 5.32 Å². The fourth-order valence-electron chi connectivity index (χ4n) is 1.81. The molecular formula is C14H14F4N2S. The molecule has 0 aliphatic rings. The van der Waals surface area contributed by atoms with Gasteiger partial charge in [0.25, 0.3) is 0 Å². The summed E-state index contributed by atoms with van der Waals surface area (Å²) >= 11 is 1.38. The van der Waals surface area contributed by atoms with Crippen molar-refractivity contribution >= 4 is 11.3 Å². The van der Waals surface area contributed by atoms with Gasteiger partial charge in [-0.25, -0.2) is 9.37 Å². The minimum Gasteiger partial charge on any atom is -0.308 e. The molecule has 0 spiro atoms. The summed E-state index contributed by atoms with van der Waals surface area (Å²) in [6.07, 6.45) is -5.05. The lowest BCUT2D eigenvalue weighted by molar-refractivity contribution is -0.139. The first-order valence-corrected chi connectivity index (χ1v) is 7.22. The van der Waals surface area contributed by atoms with Crippen molar-refractivity contribution in [2.75, 3.05) is 0 Å². The number of aromatic nitrogens is 1. The highest BCUT2D eigenvalue weighted by atomic mass is 32.1. The summed E-state index contributed by atoms with van der Waals surface area (Å²) < 4.78 is 49.5. The number of thiazole rings is 1. The summed E-state index contributed by atoms with van der Waals surface area (Å²) in [5.74, 6) is -0.321. The maximum absolute atomic E-state index is 12.8. The first kappa shape index (κ1) is 15.9. The van der Waals surface area contributed by atoms with Crippen LogP contribution in [0.25, 0.3) is 10.6 Å². The van der Waals surface area contributed by atoms with Crippen LogP contribution >= 0.6 is 11.3 Å². The summed E-state index contributed by atoms with van der Waals surface area (Å²) in [5.41, 5.74) is 1.46. The van der Waals surface area contributed by atoms with E-state index in [0.29, 0.717) is 5.69 Å². The Hall–Kier alpha value is -1.47. The average molecular weight is 318 g/mol. The Morgan fingerprint density at radius 1 is 1.24 bits per heavy atom. The van der Waals surface area contributed by atoms with E-state index in [0.717, 1.165) is 10.6 Å². The van der Waals surface area contributed by atoms with E-state index in [9.17, 15) is 17.6 Å². The number of nitrogens with zero attached hydrogens (tertiary/aromatic N) is 1. The molecule has 1 atom stereocenters. The Kier molecular flexibility index (Phi) is 4.95. The normalized spacial score (nSPS) is 13.4. The highest BCUT2D eigenvalue weighted by molar-refractivity contribution is 7.13. The lowest BCUT2D eigenvalue weighted by Gasteiger charge is -2.14. The summed E-state index contributed by atoms with van der Waals surface area (Å²) in [7, 11) is 0. The third-order valence-corrected chi connectivity index (χ3v) is 3.75. The fourth-order valence-corrected chi connectivity index (χ4v) is 2.64. The molecule has 0 aliphatic heterocycles. The van der Waals surface area contributed by atoms with Gasteiger partial charge in [-0.3, -0.25) is 0 Å². The van der Waals surface area contributed by atoms with Crippen LogP contribution in [0.4, 0.5) is 17.6 Å². The van der Waals surface area contributed by atoms with Gasteiger partial charge in [0.2, 0.25) is 0 Å². The molecule has 0 saturated heterocycles. The van der Waals surface area contributed by atoms with Crippen LogP contribution in [0.15, 0.2) is 29.6 Å². The largest absolute Gasteiger partial charge is 0.390 e. The molecule has 0 fully saturated rings. The number of hydrogen-bond acceptors (Lipinski definition) is 3. The first-order chi connectivity index (χ1) is 9.83. The van der Waals surface area contributed by atoms with E-state index >= 15 is 0 Å². The Bertz CT molecular complexity index is 577. The van der Waals surface area contributed by atoms with Gasteiger partial charge in [0.1, 0.15) is 10.8 Å². The molecule has 0 saturated carbocycles. The number of halogens is 4. The second-order valence-corrected chi connectivity index (χ2v) is 5.61. The van der Waals surface area contributed by atoms with Crippen LogP contribution in [-0.4, -0.2) is 17.2 Å². The van der Waals surface area contributed by atoms with Crippen molar-refractivity contribution in [1.82, 2.24) is 10.3 Å². The molecule has 1 aromatic heterocycles. The molecule has 2 aromatic rings. The standard InChI is InChI=1S/C14H14F4N2S/c1-9(6-14(16,17)18)19-7-12-8-21-13(20-12)10-2-4-11(15)5-3-10/h2-5,8-9,19H,6-7H2,1H3. The Morgan fingerprint density at radius 2 is 1.90 bits per heavy atom. The molecule has 0 bridgehead atoms. The van der Waals surface area contributed by atoms with Gasteiger partial charge in [0.15, 0.2) is 0 Å². The van der Waals surface area contributed by atoms with Crippen molar-refractivity contribution < 1.29 is 17.6 Å². The van der Waals surface area contributed by atoms with Crippen LogP contribution in [0.1, 0.15) is 19.0 Å². The zero-order valence-corrected chi connectivity index (χ0v) is 12.1. The third-order valence-electron chi connectivity index (χ3n) is 2.81. The van der Waals surface area contributed by atoms with Crippen LogP contribution in [0.5, 0.6) is 0 Å². The molecule has 1 N–H and O–H groups in total. The molecule has 114 valence electrons. The van der Waals surface area contributed by atoms with Crippen LogP contribution in [0.2, 0.25) is 0 Å². The van der Waals surface area contributed by atoms with E-state index < -0.39 is 18.6 Å². The maximum Gasteiger partial charge on any atom is 0.390 e. The van der Waals surface area contributed by atoms with Gasteiger partial charge in [0.05, 0.1) is 12.1 Å². The molecular weight excluding hydrogens is 304 g/mol. The fraction of sp³-hybridized carbons (Fsp3) is 0.357. The molecule has 2 rings (SSSR count). The summed E-state index contributed by atoms with van der Waals surface area (Å²) in [6, 6.07) is 5.27. The van der Waals surface area contributed by atoms with Crippen molar-refractivity contribution in [3.63, 3.8) is 0 Å². The summed E-state index contributed by atoms with van der Waals surface area (Å²) in [5, 5.41) is 5.30. The predicted octanol–water partition coefficient (Wildman–Crippen LogP) is 4.38. The highest BCUT2D eigenvalue weighted by Gasteiger charge is 2.29. The van der Waals surface area contributed by atoms with Crippen LogP contribution in [0.3, 0.4) is 0 Å². The van der Waals surface area contributed by atoms with Gasteiger partial charge in [-0.15, -0.1) is 11.3 Å². The smallest absolute Gasteiger partial charge is 0.308 e. The molecule has 0 radical (unpaired) electrons. The molecule has 2 nitrogen and oxygen atoms in total. The van der Waals surface area contributed by atoms with Gasteiger partial charge in [-0.05, 0) is 31.2 Å². The SMILES string of the molecule is CC(CC(F)(F)F)NCc1csc(-c2ccc(F)cc2)n1. The minimum absolute atomic E-state index is 0.273. The van der Waals surface area contributed by atoms with E-state index in [-0.39, 0.29) is 12.4 Å². The number of nitrogens with one attached hydrogen (secondary N) is 1. The van der Waals surface area contributed by atoms with E-state index in [1.54, 1.807) is 17.5 Å². The quantitative estimate of drug-likeness (QED) is 0.828. The topological polar surface area (TPSA) is 24.9 Å². The van der Waals surface area contributed by atoms with Crippen molar-refractivity contribution in [1.29, 1.82) is 0 Å². The van der Waals surface area contributed by atoms with Crippen molar-refractivity contribution in [3.05, 3.63) is 41.2 Å². The minimum atomic E-state index is -4.17. The summed E-state index contributed by atoms with van der Waals surface area (Å²) in [4.78, 5) is 4.33. The highest BCUT2D eigenvalue weighted by Crippen LogP contribution is 2.24. The second kappa shape index (κ2) is 6.53. The number of hydrogen-bond donors (Lipinski definition) is 1. The first-order valence-electron chi connectivity index (χ1n) is 6.34. The summed E-state index contributed by atoms with van der Waals surface area (Å²) in [6.45, 7) is 1.76. The Morgan fingerprint density at radius 3 is 2.52 bits per heavy atom. The Balaban J connectivity index is 1.93. The van der Waals surface area contributed by atoms with Gasteiger partial charge in [-0.1, -0.05) is 0 Å². The van der Waals surface area contributed by atoms with E-state index in [1.807, 2.05) is 0 Å². The molecule has 1 unspecified atom stereocenters. The van der Waals surface area contributed by atoms with E-state index in [4.69, 9.17) is 0 Å². The molecule has 21 heavy (non-hydrogen) atoms. The molecule has 0 aliphatic carbocycles. The Labute approximate surface area is 123 Å². The molecule has 7 heteroatoms.